The third-order valence-corrected chi connectivity index (χ3v) is 4.03. The average molecular weight is 277 g/mol. The standard InChI is InChI=1S/C15H23N3O2/c1-11-8-13(6-7-18(11)2)17-10-14-5-4-12(9-16-14)15(19)20-3/h4-5,9,11,13,17H,6-8,10H2,1-3H3. The lowest BCUT2D eigenvalue weighted by Gasteiger charge is -2.35. The lowest BCUT2D eigenvalue weighted by Crippen LogP contribution is -2.45. The molecular weight excluding hydrogens is 254 g/mol. The fraction of sp³-hybridized carbons (Fsp3) is 0.600. The van der Waals surface area contributed by atoms with Crippen LogP contribution in [0, 0.1) is 0 Å². The van der Waals surface area contributed by atoms with Crippen LogP contribution in [0.1, 0.15) is 35.8 Å². The van der Waals surface area contributed by atoms with Gasteiger partial charge < -0.3 is 15.0 Å². The largest absolute Gasteiger partial charge is 0.465 e. The molecule has 0 amide bonds. The zero-order valence-electron chi connectivity index (χ0n) is 12.4. The molecule has 2 unspecified atom stereocenters. The van der Waals surface area contributed by atoms with E-state index in [0.717, 1.165) is 25.2 Å². The number of carbonyl (C=O) groups is 1. The summed E-state index contributed by atoms with van der Waals surface area (Å²) in [5.41, 5.74) is 1.44. The number of ether oxygens (including phenoxy) is 1. The molecule has 0 spiro atoms. The maximum Gasteiger partial charge on any atom is 0.339 e. The van der Waals surface area contributed by atoms with Gasteiger partial charge in [0, 0.05) is 24.8 Å². The van der Waals surface area contributed by atoms with Crippen molar-refractivity contribution in [2.75, 3.05) is 20.7 Å². The van der Waals surface area contributed by atoms with Gasteiger partial charge in [-0.3, -0.25) is 4.98 Å². The van der Waals surface area contributed by atoms with Crippen molar-refractivity contribution < 1.29 is 9.53 Å². The predicted octanol–water partition coefficient (Wildman–Crippen LogP) is 1.44. The minimum absolute atomic E-state index is 0.346. The van der Waals surface area contributed by atoms with Gasteiger partial charge in [0.1, 0.15) is 0 Å². The second-order valence-electron chi connectivity index (χ2n) is 5.46. The summed E-state index contributed by atoms with van der Waals surface area (Å²) in [7, 11) is 3.55. The number of likely N-dealkylation sites (tertiary alicyclic amines) is 1. The van der Waals surface area contributed by atoms with Crippen LogP contribution in [0.4, 0.5) is 0 Å². The SMILES string of the molecule is COC(=O)c1ccc(CNC2CCN(C)C(C)C2)nc1. The fourth-order valence-corrected chi connectivity index (χ4v) is 2.49. The molecule has 5 nitrogen and oxygen atoms in total. The van der Waals surface area contributed by atoms with Crippen molar-refractivity contribution in [2.45, 2.75) is 38.4 Å². The molecule has 1 N–H and O–H groups in total. The molecule has 110 valence electrons. The number of esters is 1. The number of hydrogen-bond donors (Lipinski definition) is 1. The first kappa shape index (κ1) is 14.9. The number of carbonyl (C=O) groups excluding carboxylic acids is 1. The van der Waals surface area contributed by atoms with Gasteiger partial charge >= 0.3 is 5.97 Å². The first-order valence-corrected chi connectivity index (χ1v) is 7.07. The molecule has 2 atom stereocenters. The molecule has 2 rings (SSSR count). The van der Waals surface area contributed by atoms with Gasteiger partial charge in [0.15, 0.2) is 0 Å². The van der Waals surface area contributed by atoms with E-state index < -0.39 is 0 Å². The van der Waals surface area contributed by atoms with E-state index in [1.807, 2.05) is 6.07 Å². The number of rotatable bonds is 4. The van der Waals surface area contributed by atoms with Crippen molar-refractivity contribution in [3.63, 3.8) is 0 Å². The Labute approximate surface area is 120 Å². The lowest BCUT2D eigenvalue weighted by molar-refractivity contribution is 0.0600. The zero-order chi connectivity index (χ0) is 14.5. The molecule has 20 heavy (non-hydrogen) atoms. The van der Waals surface area contributed by atoms with Crippen LogP contribution in [0.15, 0.2) is 18.3 Å². The van der Waals surface area contributed by atoms with Crippen molar-refractivity contribution in [3.8, 4) is 0 Å². The second-order valence-corrected chi connectivity index (χ2v) is 5.46. The average Bonchev–Trinajstić information content (AvgIpc) is 2.48. The summed E-state index contributed by atoms with van der Waals surface area (Å²) in [5.74, 6) is -0.346. The first-order valence-electron chi connectivity index (χ1n) is 7.07. The second kappa shape index (κ2) is 6.81. The molecule has 0 aromatic carbocycles. The molecule has 0 aliphatic carbocycles. The maximum atomic E-state index is 11.3. The Morgan fingerprint density at radius 2 is 2.35 bits per heavy atom. The molecule has 2 heterocycles. The molecule has 1 aromatic heterocycles. The van der Waals surface area contributed by atoms with Crippen LogP contribution in [0.25, 0.3) is 0 Å². The number of hydrogen-bond acceptors (Lipinski definition) is 5. The van der Waals surface area contributed by atoms with Gasteiger partial charge in [0.2, 0.25) is 0 Å². The Bertz CT molecular complexity index is 447. The summed E-state index contributed by atoms with van der Waals surface area (Å²) in [6.45, 7) is 4.13. The van der Waals surface area contributed by atoms with Gasteiger partial charge in [0.25, 0.3) is 0 Å². The molecule has 0 saturated carbocycles. The lowest BCUT2D eigenvalue weighted by atomic mass is 9.99. The molecule has 1 fully saturated rings. The van der Waals surface area contributed by atoms with Gasteiger partial charge in [-0.15, -0.1) is 0 Å². The minimum Gasteiger partial charge on any atom is -0.465 e. The Balaban J connectivity index is 1.84. The van der Waals surface area contributed by atoms with Crippen LogP contribution < -0.4 is 5.32 Å². The molecule has 0 bridgehead atoms. The Morgan fingerprint density at radius 3 is 2.95 bits per heavy atom. The predicted molar refractivity (Wildman–Crippen MR) is 77.5 cm³/mol. The normalized spacial score (nSPS) is 23.6. The van der Waals surface area contributed by atoms with Crippen LogP contribution >= 0.6 is 0 Å². The van der Waals surface area contributed by atoms with Crippen LogP contribution in [0.5, 0.6) is 0 Å². The maximum absolute atomic E-state index is 11.3. The van der Waals surface area contributed by atoms with Gasteiger partial charge in [0.05, 0.1) is 18.4 Å². The van der Waals surface area contributed by atoms with Gasteiger partial charge in [-0.25, -0.2) is 4.79 Å². The van der Waals surface area contributed by atoms with Crippen LogP contribution in [-0.4, -0.2) is 48.6 Å². The van der Waals surface area contributed by atoms with Crippen molar-refractivity contribution in [3.05, 3.63) is 29.6 Å². The van der Waals surface area contributed by atoms with E-state index in [4.69, 9.17) is 0 Å². The first-order chi connectivity index (χ1) is 9.60. The van der Waals surface area contributed by atoms with Crippen molar-refractivity contribution in [1.82, 2.24) is 15.2 Å². The Kier molecular flexibility index (Phi) is 5.09. The summed E-state index contributed by atoms with van der Waals surface area (Å²) in [4.78, 5) is 18.0. The van der Waals surface area contributed by atoms with E-state index in [2.05, 4.69) is 33.9 Å². The van der Waals surface area contributed by atoms with Crippen molar-refractivity contribution in [1.29, 1.82) is 0 Å². The van der Waals surface area contributed by atoms with Crippen LogP contribution in [0.2, 0.25) is 0 Å². The molecule has 1 aromatic rings. The van der Waals surface area contributed by atoms with E-state index in [1.165, 1.54) is 13.5 Å². The highest BCUT2D eigenvalue weighted by atomic mass is 16.5. The smallest absolute Gasteiger partial charge is 0.339 e. The highest BCUT2D eigenvalue weighted by Gasteiger charge is 2.22. The van der Waals surface area contributed by atoms with E-state index in [9.17, 15) is 4.79 Å². The highest BCUT2D eigenvalue weighted by Crippen LogP contribution is 2.15. The van der Waals surface area contributed by atoms with E-state index in [0.29, 0.717) is 17.6 Å². The number of piperidine rings is 1. The third-order valence-electron chi connectivity index (χ3n) is 4.03. The van der Waals surface area contributed by atoms with Gasteiger partial charge in [-0.05, 0) is 45.5 Å². The molecule has 1 aliphatic heterocycles. The Morgan fingerprint density at radius 1 is 1.55 bits per heavy atom. The van der Waals surface area contributed by atoms with Crippen LogP contribution in [0.3, 0.4) is 0 Å². The van der Waals surface area contributed by atoms with E-state index in [1.54, 1.807) is 12.3 Å². The summed E-state index contributed by atoms with van der Waals surface area (Å²) in [6, 6.07) is 4.80. The molecule has 1 aliphatic rings. The van der Waals surface area contributed by atoms with Gasteiger partial charge in [-0.1, -0.05) is 0 Å². The quantitative estimate of drug-likeness (QED) is 0.844. The number of methoxy groups -OCH3 is 1. The van der Waals surface area contributed by atoms with Gasteiger partial charge in [-0.2, -0.15) is 0 Å². The number of aromatic nitrogens is 1. The summed E-state index contributed by atoms with van der Waals surface area (Å²) in [6.07, 6.45) is 3.90. The Hall–Kier alpha value is -1.46. The fourth-order valence-electron chi connectivity index (χ4n) is 2.49. The topological polar surface area (TPSA) is 54.5 Å². The minimum atomic E-state index is -0.346. The van der Waals surface area contributed by atoms with Crippen molar-refractivity contribution in [2.24, 2.45) is 0 Å². The zero-order valence-corrected chi connectivity index (χ0v) is 12.4. The van der Waals surface area contributed by atoms with E-state index in [-0.39, 0.29) is 5.97 Å². The highest BCUT2D eigenvalue weighted by molar-refractivity contribution is 5.88. The van der Waals surface area contributed by atoms with E-state index >= 15 is 0 Å². The number of pyridine rings is 1. The molecular formula is C15H23N3O2. The summed E-state index contributed by atoms with van der Waals surface area (Å²) in [5, 5.41) is 3.55. The van der Waals surface area contributed by atoms with Crippen LogP contribution in [-0.2, 0) is 11.3 Å². The summed E-state index contributed by atoms with van der Waals surface area (Å²) >= 11 is 0. The molecule has 5 heteroatoms. The monoisotopic (exact) mass is 277 g/mol. The molecule has 0 radical (unpaired) electrons. The number of nitrogens with zero attached hydrogens (tertiary/aromatic N) is 2. The molecule has 1 saturated heterocycles. The summed E-state index contributed by atoms with van der Waals surface area (Å²) < 4.78 is 4.65. The van der Waals surface area contributed by atoms with Crippen molar-refractivity contribution >= 4 is 5.97 Å². The third kappa shape index (κ3) is 3.77. The number of nitrogens with one attached hydrogen (secondary N) is 1.